The molecule has 0 aliphatic carbocycles. The summed E-state index contributed by atoms with van der Waals surface area (Å²) in [5, 5.41) is 9.79. The Hall–Kier alpha value is -0.903. The van der Waals surface area contributed by atoms with Crippen molar-refractivity contribution in [2.24, 2.45) is 0 Å². The van der Waals surface area contributed by atoms with Crippen LogP contribution in [0.2, 0.25) is 25.7 Å². The van der Waals surface area contributed by atoms with E-state index in [2.05, 4.69) is 31.8 Å². The number of aliphatic hydroxyl groups excluding tert-OH is 1. The third-order valence-electron chi connectivity index (χ3n) is 2.73. The first-order chi connectivity index (χ1) is 8.97. The fourth-order valence-electron chi connectivity index (χ4n) is 1.65. The van der Waals surface area contributed by atoms with Crippen LogP contribution >= 0.6 is 0 Å². The molecule has 0 aliphatic heterocycles. The molecule has 0 radical (unpaired) electrons. The maximum Gasteiger partial charge on any atom is 0.0808 e. The Morgan fingerprint density at radius 2 is 1.84 bits per heavy atom. The monoisotopic (exact) mass is 278 g/mol. The molecule has 1 N–H and O–H groups in total. The summed E-state index contributed by atoms with van der Waals surface area (Å²) in [6, 6.07) is 11.2. The summed E-state index contributed by atoms with van der Waals surface area (Å²) < 4.78 is 5.50. The lowest BCUT2D eigenvalue weighted by molar-refractivity contribution is 0.0301. The fourth-order valence-corrected chi connectivity index (χ4v) is 2.52. The van der Waals surface area contributed by atoms with E-state index in [9.17, 15) is 5.11 Å². The Morgan fingerprint density at radius 1 is 1.16 bits per heavy atom. The Bertz CT molecular complexity index is 368. The Labute approximate surface area is 118 Å². The molecular formula is C16H26O2Si. The van der Waals surface area contributed by atoms with E-state index in [1.165, 1.54) is 6.04 Å². The topological polar surface area (TPSA) is 29.5 Å². The van der Waals surface area contributed by atoms with Gasteiger partial charge in [0.1, 0.15) is 0 Å². The highest BCUT2D eigenvalue weighted by Crippen LogP contribution is 2.09. The maximum atomic E-state index is 9.79. The minimum atomic E-state index is -0.998. The molecule has 0 spiro atoms. The van der Waals surface area contributed by atoms with Gasteiger partial charge in [-0.2, -0.15) is 0 Å². The van der Waals surface area contributed by atoms with Crippen molar-refractivity contribution in [1.82, 2.24) is 0 Å². The van der Waals surface area contributed by atoms with Gasteiger partial charge in [-0.15, -0.1) is 0 Å². The molecule has 19 heavy (non-hydrogen) atoms. The number of benzene rings is 1. The van der Waals surface area contributed by atoms with Crippen LogP contribution < -0.4 is 0 Å². The van der Waals surface area contributed by atoms with Gasteiger partial charge in [-0.1, -0.05) is 62.1 Å². The van der Waals surface area contributed by atoms with Gasteiger partial charge in [-0.05, 0) is 18.0 Å². The van der Waals surface area contributed by atoms with Crippen LogP contribution in [0.3, 0.4) is 0 Å². The van der Waals surface area contributed by atoms with Crippen molar-refractivity contribution in [1.29, 1.82) is 0 Å². The SMILES string of the molecule is C[Si](C)(C)C/C=C/C[C@@H](O)COCc1ccccc1. The lowest BCUT2D eigenvalue weighted by Gasteiger charge is -2.12. The molecule has 0 amide bonds. The first-order valence-corrected chi connectivity index (χ1v) is 10.6. The molecule has 1 aromatic carbocycles. The molecule has 0 saturated heterocycles. The minimum Gasteiger partial charge on any atom is -0.390 e. The van der Waals surface area contributed by atoms with Crippen LogP contribution in [0.5, 0.6) is 0 Å². The standard InChI is InChI=1S/C16H26O2Si/c1-19(2,3)12-8-7-11-16(17)14-18-13-15-9-5-4-6-10-15/h4-10,16-17H,11-14H2,1-3H3/b8-7+/t16-/m1/s1. The molecule has 2 nitrogen and oxygen atoms in total. The summed E-state index contributed by atoms with van der Waals surface area (Å²) in [6.45, 7) is 7.99. The number of aliphatic hydroxyl groups is 1. The van der Waals surface area contributed by atoms with Crippen molar-refractivity contribution in [3.63, 3.8) is 0 Å². The smallest absolute Gasteiger partial charge is 0.0808 e. The molecule has 1 atom stereocenters. The maximum absolute atomic E-state index is 9.79. The average Bonchev–Trinajstić information content (AvgIpc) is 2.35. The summed E-state index contributed by atoms with van der Waals surface area (Å²) in [7, 11) is -0.998. The molecular weight excluding hydrogens is 252 g/mol. The van der Waals surface area contributed by atoms with Crippen molar-refractivity contribution in [2.75, 3.05) is 6.61 Å². The van der Waals surface area contributed by atoms with Crippen molar-refractivity contribution in [3.05, 3.63) is 48.0 Å². The average molecular weight is 278 g/mol. The summed E-state index contributed by atoms with van der Waals surface area (Å²) >= 11 is 0. The van der Waals surface area contributed by atoms with Gasteiger partial charge in [0, 0.05) is 8.07 Å². The molecule has 0 heterocycles. The summed E-state index contributed by atoms with van der Waals surface area (Å²) in [5.41, 5.74) is 1.14. The Kier molecular flexibility index (Phi) is 7.06. The van der Waals surface area contributed by atoms with Crippen molar-refractivity contribution in [3.8, 4) is 0 Å². The van der Waals surface area contributed by atoms with E-state index in [0.29, 0.717) is 19.6 Å². The van der Waals surface area contributed by atoms with E-state index < -0.39 is 14.2 Å². The molecule has 0 unspecified atom stereocenters. The predicted octanol–water partition coefficient (Wildman–Crippen LogP) is 3.85. The molecule has 106 valence electrons. The zero-order valence-electron chi connectivity index (χ0n) is 12.3. The fraction of sp³-hybridized carbons (Fsp3) is 0.500. The van der Waals surface area contributed by atoms with Gasteiger partial charge in [0.05, 0.1) is 19.3 Å². The van der Waals surface area contributed by atoms with E-state index in [4.69, 9.17) is 4.74 Å². The molecule has 1 aromatic rings. The Balaban J connectivity index is 2.13. The van der Waals surface area contributed by atoms with Crippen LogP contribution in [-0.2, 0) is 11.3 Å². The zero-order chi connectivity index (χ0) is 14.1. The minimum absolute atomic E-state index is 0.395. The van der Waals surface area contributed by atoms with E-state index >= 15 is 0 Å². The van der Waals surface area contributed by atoms with E-state index in [-0.39, 0.29) is 0 Å². The third-order valence-corrected chi connectivity index (χ3v) is 4.19. The van der Waals surface area contributed by atoms with Crippen LogP contribution in [0.15, 0.2) is 42.5 Å². The Morgan fingerprint density at radius 3 is 2.47 bits per heavy atom. The van der Waals surface area contributed by atoms with Gasteiger partial charge in [-0.25, -0.2) is 0 Å². The van der Waals surface area contributed by atoms with Crippen LogP contribution in [0.25, 0.3) is 0 Å². The van der Waals surface area contributed by atoms with Crippen LogP contribution in [0.1, 0.15) is 12.0 Å². The van der Waals surface area contributed by atoms with E-state index in [1.807, 2.05) is 30.3 Å². The molecule has 1 rings (SSSR count). The highest BCUT2D eigenvalue weighted by Gasteiger charge is 2.09. The third kappa shape index (κ3) is 8.75. The quantitative estimate of drug-likeness (QED) is 0.578. The largest absolute Gasteiger partial charge is 0.390 e. The van der Waals surface area contributed by atoms with Gasteiger partial charge < -0.3 is 9.84 Å². The first-order valence-electron chi connectivity index (χ1n) is 6.92. The summed E-state index contributed by atoms with van der Waals surface area (Å²) in [6.07, 6.45) is 4.56. The molecule has 0 bridgehead atoms. The van der Waals surface area contributed by atoms with Gasteiger partial charge >= 0.3 is 0 Å². The second-order valence-corrected chi connectivity index (χ2v) is 11.7. The lowest BCUT2D eigenvalue weighted by atomic mass is 10.2. The number of hydrogen-bond donors (Lipinski definition) is 1. The second-order valence-electron chi connectivity index (χ2n) is 6.13. The molecule has 0 fully saturated rings. The van der Waals surface area contributed by atoms with Crippen molar-refractivity contribution in [2.45, 2.75) is 44.8 Å². The number of ether oxygens (including phenoxy) is 1. The second kappa shape index (κ2) is 8.30. The van der Waals surface area contributed by atoms with E-state index in [0.717, 1.165) is 5.56 Å². The molecule has 0 aromatic heterocycles. The molecule has 3 heteroatoms. The molecule has 0 saturated carbocycles. The van der Waals surface area contributed by atoms with Crippen LogP contribution in [0, 0.1) is 0 Å². The first kappa shape index (κ1) is 16.2. The highest BCUT2D eigenvalue weighted by molar-refractivity contribution is 6.76. The zero-order valence-corrected chi connectivity index (χ0v) is 13.3. The van der Waals surface area contributed by atoms with Gasteiger partial charge in [0.25, 0.3) is 0 Å². The normalized spacial score (nSPS) is 13.9. The van der Waals surface area contributed by atoms with Crippen LogP contribution in [0.4, 0.5) is 0 Å². The number of allylic oxidation sites excluding steroid dienone is 1. The summed E-state index contributed by atoms with van der Waals surface area (Å²) in [4.78, 5) is 0. The van der Waals surface area contributed by atoms with Gasteiger partial charge in [-0.3, -0.25) is 0 Å². The summed E-state index contributed by atoms with van der Waals surface area (Å²) in [5.74, 6) is 0. The number of rotatable bonds is 8. The molecule has 0 aliphatic rings. The van der Waals surface area contributed by atoms with Gasteiger partial charge in [0.15, 0.2) is 0 Å². The lowest BCUT2D eigenvalue weighted by Crippen LogP contribution is -2.17. The van der Waals surface area contributed by atoms with Gasteiger partial charge in [0.2, 0.25) is 0 Å². The van der Waals surface area contributed by atoms with Crippen molar-refractivity contribution < 1.29 is 9.84 Å². The van der Waals surface area contributed by atoms with Crippen molar-refractivity contribution >= 4 is 8.07 Å². The van der Waals surface area contributed by atoms with E-state index in [1.54, 1.807) is 0 Å². The highest BCUT2D eigenvalue weighted by atomic mass is 28.3. The predicted molar refractivity (Wildman–Crippen MR) is 84.0 cm³/mol. The van der Waals surface area contributed by atoms with Crippen LogP contribution in [-0.4, -0.2) is 25.9 Å². The number of hydrogen-bond acceptors (Lipinski definition) is 2.